The maximum atomic E-state index is 6.04. The van der Waals surface area contributed by atoms with Crippen LogP contribution in [0.3, 0.4) is 0 Å². The van der Waals surface area contributed by atoms with E-state index < -0.39 is 0 Å². The van der Waals surface area contributed by atoms with Crippen molar-refractivity contribution in [2.75, 3.05) is 7.05 Å². The summed E-state index contributed by atoms with van der Waals surface area (Å²) in [5.74, 6) is 1.75. The van der Waals surface area contributed by atoms with E-state index in [0.717, 1.165) is 35.1 Å². The highest BCUT2D eigenvalue weighted by atomic mass is 35.5. The quantitative estimate of drug-likeness (QED) is 0.872. The van der Waals surface area contributed by atoms with Gasteiger partial charge >= 0.3 is 0 Å². The summed E-state index contributed by atoms with van der Waals surface area (Å²) < 4.78 is 6.04. The van der Waals surface area contributed by atoms with Crippen LogP contribution in [-0.2, 0) is 13.0 Å². The highest BCUT2D eigenvalue weighted by molar-refractivity contribution is 6.30. The van der Waals surface area contributed by atoms with E-state index in [9.17, 15) is 0 Å². The predicted molar refractivity (Wildman–Crippen MR) is 80.1 cm³/mol. The molecular weight excluding hydrogens is 258 g/mol. The van der Waals surface area contributed by atoms with Gasteiger partial charge in [-0.3, -0.25) is 0 Å². The number of hydrogen-bond donors (Lipinski definition) is 1. The number of aryl methyl sites for hydroxylation is 1. The molecule has 2 aromatic carbocycles. The standard InChI is InChI=1S/C16H18ClNO/c1-3-12-6-4-5-7-15(12)19-16-9-8-14(17)10-13(16)11-18-2/h4-10,18H,3,11H2,1-2H3. The lowest BCUT2D eigenvalue weighted by molar-refractivity contribution is 0.469. The molecule has 0 aliphatic carbocycles. The summed E-state index contributed by atoms with van der Waals surface area (Å²) in [6, 6.07) is 13.8. The predicted octanol–water partition coefficient (Wildman–Crippen LogP) is 4.41. The molecule has 0 aliphatic heterocycles. The molecule has 0 aromatic heterocycles. The van der Waals surface area contributed by atoms with Crippen molar-refractivity contribution in [3.8, 4) is 11.5 Å². The lowest BCUT2D eigenvalue weighted by Crippen LogP contribution is -2.06. The molecule has 2 aromatic rings. The van der Waals surface area contributed by atoms with E-state index in [4.69, 9.17) is 16.3 Å². The molecule has 0 fully saturated rings. The van der Waals surface area contributed by atoms with Gasteiger partial charge in [-0.05, 0) is 43.3 Å². The van der Waals surface area contributed by atoms with Gasteiger partial charge in [0.25, 0.3) is 0 Å². The number of para-hydroxylation sites is 1. The van der Waals surface area contributed by atoms with Crippen LogP contribution in [0.5, 0.6) is 11.5 Å². The zero-order valence-corrected chi connectivity index (χ0v) is 12.0. The lowest BCUT2D eigenvalue weighted by Gasteiger charge is -2.13. The Kier molecular flexibility index (Phi) is 4.83. The van der Waals surface area contributed by atoms with Crippen LogP contribution < -0.4 is 10.1 Å². The summed E-state index contributed by atoms with van der Waals surface area (Å²) in [5.41, 5.74) is 2.26. The minimum Gasteiger partial charge on any atom is -0.457 e. The van der Waals surface area contributed by atoms with Crippen LogP contribution in [0.15, 0.2) is 42.5 Å². The van der Waals surface area contributed by atoms with Crippen LogP contribution in [0.2, 0.25) is 5.02 Å². The molecule has 100 valence electrons. The van der Waals surface area contributed by atoms with Gasteiger partial charge in [0.2, 0.25) is 0 Å². The first kappa shape index (κ1) is 13.9. The number of hydrogen-bond acceptors (Lipinski definition) is 2. The molecule has 1 N–H and O–H groups in total. The van der Waals surface area contributed by atoms with Gasteiger partial charge < -0.3 is 10.1 Å². The molecule has 0 spiro atoms. The fraction of sp³-hybridized carbons (Fsp3) is 0.250. The van der Waals surface area contributed by atoms with Crippen LogP contribution in [0.25, 0.3) is 0 Å². The van der Waals surface area contributed by atoms with Gasteiger partial charge in [-0.2, -0.15) is 0 Å². The average molecular weight is 276 g/mol. The van der Waals surface area contributed by atoms with Crippen molar-refractivity contribution in [2.24, 2.45) is 0 Å². The van der Waals surface area contributed by atoms with E-state index >= 15 is 0 Å². The Labute approximate surface area is 119 Å². The SMILES string of the molecule is CCc1ccccc1Oc1ccc(Cl)cc1CNC. The number of nitrogens with one attached hydrogen (secondary N) is 1. The maximum Gasteiger partial charge on any atom is 0.132 e. The number of rotatable bonds is 5. The second-order valence-corrected chi connectivity index (χ2v) is 4.78. The first-order valence-electron chi connectivity index (χ1n) is 6.43. The van der Waals surface area contributed by atoms with Crippen molar-refractivity contribution >= 4 is 11.6 Å². The highest BCUT2D eigenvalue weighted by Gasteiger charge is 2.07. The minimum absolute atomic E-state index is 0.723. The summed E-state index contributed by atoms with van der Waals surface area (Å²) >= 11 is 6.03. The lowest BCUT2D eigenvalue weighted by atomic mass is 10.1. The third-order valence-electron chi connectivity index (χ3n) is 2.96. The second-order valence-electron chi connectivity index (χ2n) is 4.35. The summed E-state index contributed by atoms with van der Waals surface area (Å²) in [7, 11) is 1.91. The van der Waals surface area contributed by atoms with Crippen LogP contribution in [0.4, 0.5) is 0 Å². The van der Waals surface area contributed by atoms with Gasteiger partial charge in [0.1, 0.15) is 11.5 Å². The molecule has 0 unspecified atom stereocenters. The van der Waals surface area contributed by atoms with Crippen LogP contribution >= 0.6 is 11.6 Å². The fourth-order valence-corrected chi connectivity index (χ4v) is 2.18. The minimum atomic E-state index is 0.723. The van der Waals surface area contributed by atoms with E-state index in [0.29, 0.717) is 0 Å². The molecule has 2 nitrogen and oxygen atoms in total. The van der Waals surface area contributed by atoms with Gasteiger partial charge in [-0.25, -0.2) is 0 Å². The van der Waals surface area contributed by atoms with Gasteiger partial charge in [0, 0.05) is 17.1 Å². The van der Waals surface area contributed by atoms with E-state index in [2.05, 4.69) is 18.3 Å². The average Bonchev–Trinajstić information content (AvgIpc) is 2.43. The molecule has 19 heavy (non-hydrogen) atoms. The van der Waals surface area contributed by atoms with Crippen molar-refractivity contribution in [1.82, 2.24) is 5.32 Å². The van der Waals surface area contributed by atoms with E-state index in [1.165, 1.54) is 5.56 Å². The van der Waals surface area contributed by atoms with Crippen LogP contribution in [0, 0.1) is 0 Å². The Morgan fingerprint density at radius 2 is 1.79 bits per heavy atom. The first-order chi connectivity index (χ1) is 9.24. The molecule has 0 aliphatic rings. The Balaban J connectivity index is 2.32. The van der Waals surface area contributed by atoms with Crippen molar-refractivity contribution in [3.05, 3.63) is 58.6 Å². The van der Waals surface area contributed by atoms with Crippen LogP contribution in [-0.4, -0.2) is 7.05 Å². The Hall–Kier alpha value is -1.51. The topological polar surface area (TPSA) is 21.3 Å². The zero-order valence-electron chi connectivity index (χ0n) is 11.2. The fourth-order valence-electron chi connectivity index (χ4n) is 1.99. The summed E-state index contributed by atoms with van der Waals surface area (Å²) in [6.07, 6.45) is 0.950. The molecule has 2 rings (SSSR count). The first-order valence-corrected chi connectivity index (χ1v) is 6.81. The molecule has 0 saturated heterocycles. The Morgan fingerprint density at radius 3 is 2.53 bits per heavy atom. The number of benzene rings is 2. The van der Waals surface area contributed by atoms with Crippen LogP contribution in [0.1, 0.15) is 18.1 Å². The van der Waals surface area contributed by atoms with E-state index in [1.807, 2.05) is 43.4 Å². The molecule has 0 amide bonds. The smallest absolute Gasteiger partial charge is 0.132 e. The summed E-state index contributed by atoms with van der Waals surface area (Å²) in [5, 5.41) is 3.85. The molecule has 0 radical (unpaired) electrons. The third-order valence-corrected chi connectivity index (χ3v) is 3.20. The summed E-state index contributed by atoms with van der Waals surface area (Å²) in [4.78, 5) is 0. The second kappa shape index (κ2) is 6.60. The summed E-state index contributed by atoms with van der Waals surface area (Å²) in [6.45, 7) is 2.85. The van der Waals surface area contributed by atoms with Gasteiger partial charge in [-0.15, -0.1) is 0 Å². The molecule has 0 heterocycles. The largest absolute Gasteiger partial charge is 0.457 e. The molecule has 0 bridgehead atoms. The highest BCUT2D eigenvalue weighted by Crippen LogP contribution is 2.30. The van der Waals surface area contributed by atoms with Crippen molar-refractivity contribution in [3.63, 3.8) is 0 Å². The van der Waals surface area contributed by atoms with Gasteiger partial charge in [-0.1, -0.05) is 36.7 Å². The third kappa shape index (κ3) is 3.49. The van der Waals surface area contributed by atoms with Crippen molar-refractivity contribution in [1.29, 1.82) is 0 Å². The zero-order chi connectivity index (χ0) is 13.7. The van der Waals surface area contributed by atoms with Gasteiger partial charge in [0.15, 0.2) is 0 Å². The Morgan fingerprint density at radius 1 is 1.05 bits per heavy atom. The molecule has 3 heteroatoms. The normalized spacial score (nSPS) is 10.5. The molecule has 0 atom stereocenters. The monoisotopic (exact) mass is 275 g/mol. The molecular formula is C16H18ClNO. The van der Waals surface area contributed by atoms with Crippen molar-refractivity contribution < 1.29 is 4.74 Å². The number of ether oxygens (including phenoxy) is 1. The van der Waals surface area contributed by atoms with Gasteiger partial charge in [0.05, 0.1) is 0 Å². The maximum absolute atomic E-state index is 6.04. The number of halogens is 1. The Bertz CT molecular complexity index is 554. The van der Waals surface area contributed by atoms with E-state index in [1.54, 1.807) is 0 Å². The molecule has 0 saturated carbocycles. The van der Waals surface area contributed by atoms with Crippen molar-refractivity contribution in [2.45, 2.75) is 19.9 Å². The van der Waals surface area contributed by atoms with E-state index in [-0.39, 0.29) is 0 Å².